The Labute approximate surface area is 98.5 Å². The molecule has 0 aromatic carbocycles. The molecule has 4 nitrogen and oxygen atoms in total. The van der Waals surface area contributed by atoms with Gasteiger partial charge in [-0.25, -0.2) is 0 Å². The molecule has 1 aromatic rings. The van der Waals surface area contributed by atoms with Crippen molar-refractivity contribution in [1.82, 2.24) is 4.90 Å². The SMILES string of the molecule is CN(Cc1ccsc1)C(=O)C(C)(C)C(=O)O. The van der Waals surface area contributed by atoms with Crippen LogP contribution in [0.5, 0.6) is 0 Å². The molecule has 0 aliphatic heterocycles. The topological polar surface area (TPSA) is 57.6 Å². The number of hydrogen-bond donors (Lipinski definition) is 1. The Kier molecular flexibility index (Phi) is 3.70. The van der Waals surface area contributed by atoms with E-state index in [4.69, 9.17) is 5.11 Å². The number of amides is 1. The van der Waals surface area contributed by atoms with Gasteiger partial charge in [-0.05, 0) is 36.2 Å². The van der Waals surface area contributed by atoms with Crippen molar-refractivity contribution in [3.05, 3.63) is 22.4 Å². The smallest absolute Gasteiger partial charge is 0.318 e. The Hall–Kier alpha value is -1.36. The molecule has 0 bridgehead atoms. The number of nitrogens with zero attached hydrogens (tertiary/aromatic N) is 1. The molecule has 0 fully saturated rings. The minimum Gasteiger partial charge on any atom is -0.480 e. The number of carboxylic acid groups (broad SMARTS) is 1. The molecular formula is C11H15NO3S. The van der Waals surface area contributed by atoms with Gasteiger partial charge in [0.05, 0.1) is 0 Å². The number of aliphatic carboxylic acids is 1. The Balaban J connectivity index is 2.71. The van der Waals surface area contributed by atoms with Crippen molar-refractivity contribution >= 4 is 23.2 Å². The molecule has 88 valence electrons. The predicted octanol–water partition coefficient (Wildman–Crippen LogP) is 1.82. The molecule has 1 heterocycles. The van der Waals surface area contributed by atoms with Crippen LogP contribution in [0.3, 0.4) is 0 Å². The van der Waals surface area contributed by atoms with Gasteiger partial charge in [-0.15, -0.1) is 0 Å². The van der Waals surface area contributed by atoms with Gasteiger partial charge in [0.25, 0.3) is 0 Å². The second kappa shape index (κ2) is 4.65. The van der Waals surface area contributed by atoms with Crippen molar-refractivity contribution in [3.8, 4) is 0 Å². The van der Waals surface area contributed by atoms with Crippen molar-refractivity contribution in [3.63, 3.8) is 0 Å². The molecule has 1 N–H and O–H groups in total. The van der Waals surface area contributed by atoms with Crippen LogP contribution in [0, 0.1) is 5.41 Å². The molecule has 0 saturated heterocycles. The van der Waals surface area contributed by atoms with Crippen LogP contribution in [0.4, 0.5) is 0 Å². The lowest BCUT2D eigenvalue weighted by Crippen LogP contribution is -2.42. The molecule has 0 atom stereocenters. The Morgan fingerprint density at radius 3 is 2.56 bits per heavy atom. The second-order valence-electron chi connectivity index (χ2n) is 4.22. The maximum Gasteiger partial charge on any atom is 0.318 e. The van der Waals surface area contributed by atoms with Crippen molar-refractivity contribution in [2.45, 2.75) is 20.4 Å². The second-order valence-corrected chi connectivity index (χ2v) is 5.00. The fourth-order valence-electron chi connectivity index (χ4n) is 1.30. The summed E-state index contributed by atoms with van der Waals surface area (Å²) in [5.41, 5.74) is -0.354. The number of rotatable bonds is 4. The van der Waals surface area contributed by atoms with Crippen LogP contribution < -0.4 is 0 Å². The van der Waals surface area contributed by atoms with Gasteiger partial charge in [0, 0.05) is 13.6 Å². The number of thiophene rings is 1. The first-order chi connectivity index (χ1) is 7.35. The van der Waals surface area contributed by atoms with Gasteiger partial charge >= 0.3 is 5.97 Å². The summed E-state index contributed by atoms with van der Waals surface area (Å²) in [5.74, 6) is -1.49. The molecule has 5 heteroatoms. The van der Waals surface area contributed by atoms with Crippen molar-refractivity contribution in [2.24, 2.45) is 5.41 Å². The Morgan fingerprint density at radius 1 is 1.50 bits per heavy atom. The molecular weight excluding hydrogens is 226 g/mol. The highest BCUT2D eigenvalue weighted by Crippen LogP contribution is 2.20. The third kappa shape index (κ3) is 2.61. The molecule has 1 rings (SSSR count). The number of carbonyl (C=O) groups excluding carboxylic acids is 1. The zero-order chi connectivity index (χ0) is 12.3. The van der Waals surface area contributed by atoms with E-state index < -0.39 is 11.4 Å². The third-order valence-corrected chi connectivity index (χ3v) is 3.15. The third-order valence-electron chi connectivity index (χ3n) is 2.42. The average molecular weight is 241 g/mol. The number of hydrogen-bond acceptors (Lipinski definition) is 3. The van der Waals surface area contributed by atoms with Gasteiger partial charge in [0.15, 0.2) is 0 Å². The highest BCUT2D eigenvalue weighted by Gasteiger charge is 2.38. The lowest BCUT2D eigenvalue weighted by molar-refractivity contribution is -0.157. The van der Waals surface area contributed by atoms with E-state index in [1.807, 2.05) is 16.8 Å². The summed E-state index contributed by atoms with van der Waals surface area (Å²) in [6.07, 6.45) is 0. The fourth-order valence-corrected chi connectivity index (χ4v) is 1.96. The zero-order valence-electron chi connectivity index (χ0n) is 9.56. The van der Waals surface area contributed by atoms with Crippen molar-refractivity contribution in [1.29, 1.82) is 0 Å². The molecule has 0 saturated carbocycles. The van der Waals surface area contributed by atoms with Crippen LogP contribution in [-0.2, 0) is 16.1 Å². The quantitative estimate of drug-likeness (QED) is 0.818. The van der Waals surface area contributed by atoms with Crippen molar-refractivity contribution in [2.75, 3.05) is 7.05 Å². The maximum absolute atomic E-state index is 11.9. The minimum atomic E-state index is -1.37. The summed E-state index contributed by atoms with van der Waals surface area (Å²) in [5, 5.41) is 12.8. The van der Waals surface area contributed by atoms with Crippen LogP contribution >= 0.6 is 11.3 Å². The summed E-state index contributed by atoms with van der Waals surface area (Å²) in [7, 11) is 1.62. The summed E-state index contributed by atoms with van der Waals surface area (Å²) in [6.45, 7) is 3.28. The first-order valence-corrected chi connectivity index (χ1v) is 5.80. The van der Waals surface area contributed by atoms with E-state index in [0.717, 1.165) is 5.56 Å². The summed E-state index contributed by atoms with van der Waals surface area (Å²) >= 11 is 1.55. The lowest BCUT2D eigenvalue weighted by atomic mass is 9.92. The van der Waals surface area contributed by atoms with Gasteiger partial charge in [-0.3, -0.25) is 9.59 Å². The molecule has 16 heavy (non-hydrogen) atoms. The first-order valence-electron chi connectivity index (χ1n) is 4.85. The highest BCUT2D eigenvalue weighted by atomic mass is 32.1. The largest absolute Gasteiger partial charge is 0.480 e. The zero-order valence-corrected chi connectivity index (χ0v) is 10.4. The summed E-state index contributed by atoms with van der Waals surface area (Å²) in [6, 6.07) is 1.92. The van der Waals surface area contributed by atoms with Gasteiger partial charge in [0.2, 0.25) is 5.91 Å². The lowest BCUT2D eigenvalue weighted by Gasteiger charge is -2.25. The number of carbonyl (C=O) groups is 2. The first kappa shape index (κ1) is 12.7. The van der Waals surface area contributed by atoms with Gasteiger partial charge in [-0.2, -0.15) is 11.3 Å². The fraction of sp³-hybridized carbons (Fsp3) is 0.455. The monoisotopic (exact) mass is 241 g/mol. The van der Waals surface area contributed by atoms with Crippen LogP contribution in [-0.4, -0.2) is 28.9 Å². The summed E-state index contributed by atoms with van der Waals surface area (Å²) in [4.78, 5) is 24.2. The predicted molar refractivity (Wildman–Crippen MR) is 62.2 cm³/mol. The molecule has 0 aliphatic carbocycles. The minimum absolute atomic E-state index is 0.383. The van der Waals surface area contributed by atoms with E-state index in [2.05, 4.69) is 0 Å². The standard InChI is InChI=1S/C11H15NO3S/c1-11(2,10(14)15)9(13)12(3)6-8-4-5-16-7-8/h4-5,7H,6H2,1-3H3,(H,14,15). The van der Waals surface area contributed by atoms with Gasteiger partial charge in [-0.1, -0.05) is 0 Å². The average Bonchev–Trinajstić information content (AvgIpc) is 2.68. The molecule has 0 unspecified atom stereocenters. The normalized spacial score (nSPS) is 11.2. The van der Waals surface area contributed by atoms with Crippen LogP contribution in [0.1, 0.15) is 19.4 Å². The molecule has 0 spiro atoms. The summed E-state index contributed by atoms with van der Waals surface area (Å²) < 4.78 is 0. The molecule has 1 amide bonds. The highest BCUT2D eigenvalue weighted by molar-refractivity contribution is 7.07. The van der Waals surface area contributed by atoms with Gasteiger partial charge < -0.3 is 10.0 Å². The van der Waals surface area contributed by atoms with E-state index in [1.54, 1.807) is 18.4 Å². The van der Waals surface area contributed by atoms with Crippen LogP contribution in [0.15, 0.2) is 16.8 Å². The van der Waals surface area contributed by atoms with E-state index >= 15 is 0 Å². The maximum atomic E-state index is 11.9. The van der Waals surface area contributed by atoms with E-state index in [1.165, 1.54) is 18.7 Å². The molecule has 1 aromatic heterocycles. The molecule has 0 radical (unpaired) electrons. The van der Waals surface area contributed by atoms with Gasteiger partial charge in [0.1, 0.15) is 5.41 Å². The van der Waals surface area contributed by atoms with Crippen LogP contribution in [0.25, 0.3) is 0 Å². The Bertz CT molecular complexity index is 384. The number of carboxylic acids is 1. The van der Waals surface area contributed by atoms with Crippen molar-refractivity contribution < 1.29 is 14.7 Å². The Morgan fingerprint density at radius 2 is 2.12 bits per heavy atom. The van der Waals surface area contributed by atoms with Crippen LogP contribution in [0.2, 0.25) is 0 Å². The van der Waals surface area contributed by atoms with E-state index in [-0.39, 0.29) is 5.91 Å². The van der Waals surface area contributed by atoms with E-state index in [9.17, 15) is 9.59 Å². The van der Waals surface area contributed by atoms with E-state index in [0.29, 0.717) is 6.54 Å². The molecule has 0 aliphatic rings.